The molecule has 0 aliphatic rings. The molecule has 0 saturated carbocycles. The molecule has 0 unspecified atom stereocenters. The zero-order valence-corrected chi connectivity index (χ0v) is 14.3. The second-order valence-electron chi connectivity index (χ2n) is 5.98. The highest BCUT2D eigenvalue weighted by Crippen LogP contribution is 2.13. The van der Waals surface area contributed by atoms with E-state index in [4.69, 9.17) is 17.3 Å². The third-order valence-corrected chi connectivity index (χ3v) is 4.22. The van der Waals surface area contributed by atoms with Crippen molar-refractivity contribution < 1.29 is 5.11 Å². The van der Waals surface area contributed by atoms with Crippen molar-refractivity contribution in [2.45, 2.75) is 103 Å². The van der Waals surface area contributed by atoms with E-state index in [1.54, 1.807) is 0 Å². The summed E-state index contributed by atoms with van der Waals surface area (Å²) < 4.78 is 0. The van der Waals surface area contributed by atoms with Crippen LogP contribution in [0.15, 0.2) is 0 Å². The van der Waals surface area contributed by atoms with Gasteiger partial charge in [0.25, 0.3) is 0 Å². The molecular weight excluding hydrogens is 264 g/mol. The third-order valence-electron chi connectivity index (χ3n) is 3.98. The predicted molar refractivity (Wildman–Crippen MR) is 94.6 cm³/mol. The van der Waals surface area contributed by atoms with E-state index in [0.29, 0.717) is 6.61 Å². The number of unbranched alkanes of at least 4 members (excludes halogenated alkanes) is 15. The van der Waals surface area contributed by atoms with Crippen molar-refractivity contribution in [1.29, 1.82) is 0 Å². The Kier molecular flexibility index (Phi) is 19.1. The Balaban J connectivity index is 2.90. The summed E-state index contributed by atoms with van der Waals surface area (Å²) in [7, 11) is 0. The number of aliphatic hydroxyl groups excluding tert-OH is 1. The summed E-state index contributed by atoms with van der Waals surface area (Å²) in [4.78, 5) is 0. The fourth-order valence-electron chi connectivity index (χ4n) is 2.64. The van der Waals surface area contributed by atoms with Crippen LogP contribution in [0.3, 0.4) is 0 Å². The summed E-state index contributed by atoms with van der Waals surface area (Å²) in [6.07, 6.45) is 21.4. The highest BCUT2D eigenvalue weighted by atomic mass is 32.1. The molecule has 0 saturated heterocycles. The van der Waals surface area contributed by atoms with Crippen LogP contribution in [0.5, 0.6) is 0 Å². The number of aliphatic hydroxyl groups is 1. The Bertz CT molecular complexity index is 182. The van der Waals surface area contributed by atoms with Gasteiger partial charge in [-0.1, -0.05) is 95.7 Å². The van der Waals surface area contributed by atoms with Crippen molar-refractivity contribution >= 4 is 17.6 Å². The Hall–Kier alpha value is 0.0500. The Morgan fingerprint density at radius 2 is 0.800 bits per heavy atom. The summed E-state index contributed by atoms with van der Waals surface area (Å²) in [6.45, 7) is 0.367. The molecule has 0 aliphatic carbocycles. The van der Waals surface area contributed by atoms with E-state index < -0.39 is 0 Å². The lowest BCUT2D eigenvalue weighted by molar-refractivity contribution is 0.282. The van der Waals surface area contributed by atoms with E-state index >= 15 is 0 Å². The van der Waals surface area contributed by atoms with Crippen molar-refractivity contribution in [3.05, 3.63) is 0 Å². The van der Waals surface area contributed by atoms with Gasteiger partial charge in [-0.3, -0.25) is 0 Å². The van der Waals surface area contributed by atoms with Crippen molar-refractivity contribution in [3.8, 4) is 0 Å². The first-order valence-electron chi connectivity index (χ1n) is 8.96. The fourth-order valence-corrected chi connectivity index (χ4v) is 2.80. The Labute approximate surface area is 132 Å². The van der Waals surface area contributed by atoms with Crippen molar-refractivity contribution in [2.24, 2.45) is 0 Å². The highest BCUT2D eigenvalue weighted by molar-refractivity contribution is 7.78. The van der Waals surface area contributed by atoms with Gasteiger partial charge in [-0.25, -0.2) is 0 Å². The van der Waals surface area contributed by atoms with E-state index in [-0.39, 0.29) is 0 Å². The number of rotatable bonds is 17. The minimum absolute atomic E-state index is 0.367. The average molecular weight is 301 g/mol. The van der Waals surface area contributed by atoms with Crippen LogP contribution in [0.25, 0.3) is 0 Å². The second-order valence-corrected chi connectivity index (χ2v) is 6.32. The van der Waals surface area contributed by atoms with Gasteiger partial charge >= 0.3 is 0 Å². The molecule has 0 aromatic carbocycles. The molecule has 0 rings (SSSR count). The molecular formula is C18H36OS. The van der Waals surface area contributed by atoms with Crippen LogP contribution in [0.2, 0.25) is 0 Å². The maximum absolute atomic E-state index is 8.68. The normalized spacial score (nSPS) is 10.8. The maximum Gasteiger partial charge on any atom is 0.0431 e. The first kappa shape index (κ1) is 20.1. The monoisotopic (exact) mass is 300 g/mol. The predicted octanol–water partition coefficient (Wildman–Crippen LogP) is 6.22. The smallest absolute Gasteiger partial charge is 0.0431 e. The molecule has 0 amide bonds. The summed E-state index contributed by atoms with van der Waals surface area (Å²) >= 11 is 4.82. The minimum atomic E-state index is 0.367. The number of hydrogen-bond donors (Lipinski definition) is 1. The van der Waals surface area contributed by atoms with Gasteiger partial charge in [-0.05, 0) is 24.6 Å². The molecule has 0 aliphatic heterocycles. The quantitative estimate of drug-likeness (QED) is 0.254. The van der Waals surface area contributed by atoms with Crippen molar-refractivity contribution in [2.75, 3.05) is 6.61 Å². The van der Waals surface area contributed by atoms with Crippen LogP contribution in [0.4, 0.5) is 0 Å². The Morgan fingerprint density at radius 1 is 0.500 bits per heavy atom. The van der Waals surface area contributed by atoms with Crippen LogP contribution in [0.1, 0.15) is 103 Å². The van der Waals surface area contributed by atoms with E-state index in [9.17, 15) is 0 Å². The summed E-state index contributed by atoms with van der Waals surface area (Å²) in [5.41, 5.74) is 0. The third kappa shape index (κ3) is 18.0. The standard InChI is InChI=1S/C18H36OS/c19-17-15-13-11-9-7-5-3-1-2-4-6-8-10-12-14-16-18-20/h18-19H,1-17H2. The fraction of sp³-hybridized carbons (Fsp3) is 0.944. The van der Waals surface area contributed by atoms with Gasteiger partial charge in [0.2, 0.25) is 0 Å². The van der Waals surface area contributed by atoms with Gasteiger partial charge in [-0.2, -0.15) is 0 Å². The van der Waals surface area contributed by atoms with E-state index in [0.717, 1.165) is 12.8 Å². The molecule has 0 fully saturated rings. The molecule has 120 valence electrons. The summed E-state index contributed by atoms with van der Waals surface area (Å²) in [5.74, 6) is 0. The zero-order valence-electron chi connectivity index (χ0n) is 13.5. The van der Waals surface area contributed by atoms with Crippen molar-refractivity contribution in [1.82, 2.24) is 0 Å². The van der Waals surface area contributed by atoms with Gasteiger partial charge < -0.3 is 5.11 Å². The molecule has 0 heterocycles. The van der Waals surface area contributed by atoms with Crippen LogP contribution in [-0.2, 0) is 0 Å². The van der Waals surface area contributed by atoms with Crippen molar-refractivity contribution in [3.63, 3.8) is 0 Å². The van der Waals surface area contributed by atoms with E-state index in [2.05, 4.69) is 0 Å². The van der Waals surface area contributed by atoms with Crippen LogP contribution < -0.4 is 0 Å². The van der Waals surface area contributed by atoms with E-state index in [1.165, 1.54) is 89.9 Å². The first-order valence-corrected chi connectivity index (χ1v) is 9.43. The van der Waals surface area contributed by atoms with Gasteiger partial charge in [0.1, 0.15) is 0 Å². The minimum Gasteiger partial charge on any atom is -0.396 e. The molecule has 0 atom stereocenters. The highest BCUT2D eigenvalue weighted by Gasteiger charge is 1.94. The summed E-state index contributed by atoms with van der Waals surface area (Å²) in [5, 5.41) is 10.5. The lowest BCUT2D eigenvalue weighted by Crippen LogP contribution is -1.85. The van der Waals surface area contributed by atoms with Gasteiger partial charge in [0.15, 0.2) is 0 Å². The van der Waals surface area contributed by atoms with E-state index in [1.807, 2.05) is 5.37 Å². The Morgan fingerprint density at radius 3 is 1.10 bits per heavy atom. The van der Waals surface area contributed by atoms with Crippen LogP contribution in [0, 0.1) is 0 Å². The molecule has 1 N–H and O–H groups in total. The zero-order chi connectivity index (χ0) is 14.7. The molecule has 20 heavy (non-hydrogen) atoms. The van der Waals surface area contributed by atoms with Gasteiger partial charge in [0.05, 0.1) is 0 Å². The van der Waals surface area contributed by atoms with Gasteiger partial charge in [-0.15, -0.1) is 0 Å². The molecule has 2 heteroatoms. The maximum atomic E-state index is 8.68. The second kappa shape index (κ2) is 19.1. The molecule has 0 radical (unpaired) electrons. The summed E-state index contributed by atoms with van der Waals surface area (Å²) in [6, 6.07) is 0. The molecule has 0 spiro atoms. The van der Waals surface area contributed by atoms with Crippen LogP contribution >= 0.6 is 12.2 Å². The SMILES string of the molecule is OCCCCCCCCCCCCCCCCCC=S. The number of thiocarbonyl (C=S) groups is 1. The average Bonchev–Trinajstić information content (AvgIpc) is 2.47. The van der Waals surface area contributed by atoms with Gasteiger partial charge in [0, 0.05) is 6.61 Å². The first-order chi connectivity index (χ1) is 9.91. The number of hydrogen-bond acceptors (Lipinski definition) is 2. The lowest BCUT2D eigenvalue weighted by atomic mass is 10.0. The molecule has 0 aromatic heterocycles. The largest absolute Gasteiger partial charge is 0.396 e. The topological polar surface area (TPSA) is 20.2 Å². The lowest BCUT2D eigenvalue weighted by Gasteiger charge is -2.03. The van der Waals surface area contributed by atoms with Crippen LogP contribution in [-0.4, -0.2) is 17.1 Å². The molecule has 0 aromatic rings. The molecule has 0 bridgehead atoms. The molecule has 1 nitrogen and oxygen atoms in total.